The van der Waals surface area contributed by atoms with Gasteiger partial charge in [0.05, 0.1) is 6.61 Å². The van der Waals surface area contributed by atoms with Crippen LogP contribution in [0, 0.1) is 0 Å². The van der Waals surface area contributed by atoms with Crippen molar-refractivity contribution >= 4 is 11.9 Å². The highest BCUT2D eigenvalue weighted by atomic mass is 16.5. The predicted molar refractivity (Wildman–Crippen MR) is 127 cm³/mol. The second-order valence-electron chi connectivity index (χ2n) is 9.22. The van der Waals surface area contributed by atoms with Crippen molar-refractivity contribution < 1.29 is 19.7 Å². The number of hydrogen-bond acceptors (Lipinski definition) is 4. The molecule has 0 bridgehead atoms. The molecule has 0 saturated carbocycles. The minimum Gasteiger partial charge on any atom is -0.508 e. The number of ketones is 1. The zero-order valence-corrected chi connectivity index (χ0v) is 19.9. The van der Waals surface area contributed by atoms with E-state index in [4.69, 9.17) is 4.74 Å². The highest BCUT2D eigenvalue weighted by Gasteiger charge is 2.33. The van der Waals surface area contributed by atoms with Crippen molar-refractivity contribution in [3.63, 3.8) is 0 Å². The third kappa shape index (κ3) is 5.30. The van der Waals surface area contributed by atoms with Crippen molar-refractivity contribution in [2.24, 2.45) is 0 Å². The van der Waals surface area contributed by atoms with Gasteiger partial charge in [-0.3, -0.25) is 4.79 Å². The lowest BCUT2D eigenvalue weighted by Gasteiger charge is -2.33. The van der Waals surface area contributed by atoms with Gasteiger partial charge in [0.1, 0.15) is 17.2 Å². The zero-order valence-electron chi connectivity index (χ0n) is 19.9. The molecular weight excluding hydrogens is 388 g/mol. The van der Waals surface area contributed by atoms with E-state index in [1.807, 2.05) is 13.0 Å². The van der Waals surface area contributed by atoms with Gasteiger partial charge in [-0.2, -0.15) is 0 Å². The zero-order chi connectivity index (χ0) is 23.4. The molecule has 31 heavy (non-hydrogen) atoms. The normalized spacial score (nSPS) is 12.4. The van der Waals surface area contributed by atoms with Gasteiger partial charge in [0.15, 0.2) is 5.78 Å². The van der Waals surface area contributed by atoms with Crippen LogP contribution in [-0.2, 0) is 10.8 Å². The Bertz CT molecular complexity index is 950. The largest absolute Gasteiger partial charge is 0.508 e. The maximum atomic E-state index is 12.7. The number of rotatable bonds is 9. The molecule has 0 saturated heterocycles. The Labute approximate surface area is 186 Å². The third-order valence-corrected chi connectivity index (χ3v) is 6.31. The van der Waals surface area contributed by atoms with Gasteiger partial charge in [0.25, 0.3) is 0 Å². The standard InChI is InChI=1S/C27H36O4/c1-8-26(4,5)21-17-19(13-16-22(29)18-11-14-20(28)15-12-18)25(31-10-3)23(24(21)30)27(6,7)9-2/h11-17,28,30H,8-10H2,1-7H3/b16-13+. The van der Waals surface area contributed by atoms with Crippen LogP contribution in [0.4, 0.5) is 0 Å². The van der Waals surface area contributed by atoms with Gasteiger partial charge in [0, 0.05) is 22.3 Å². The first-order valence-corrected chi connectivity index (χ1v) is 11.0. The van der Waals surface area contributed by atoms with Crippen molar-refractivity contribution in [2.75, 3.05) is 6.61 Å². The number of ether oxygens (including phenoxy) is 1. The average Bonchev–Trinajstić information content (AvgIpc) is 2.73. The number of phenolic OH excluding ortho intramolecular Hbond substituents is 2. The molecule has 0 amide bonds. The number of benzene rings is 2. The highest BCUT2D eigenvalue weighted by molar-refractivity contribution is 6.07. The molecule has 0 aliphatic heterocycles. The first-order valence-electron chi connectivity index (χ1n) is 11.0. The Morgan fingerprint density at radius 1 is 0.968 bits per heavy atom. The summed E-state index contributed by atoms with van der Waals surface area (Å²) < 4.78 is 6.04. The predicted octanol–water partition coefficient (Wildman–Crippen LogP) is 6.77. The summed E-state index contributed by atoms with van der Waals surface area (Å²) in [5.74, 6) is 0.861. The molecule has 2 rings (SSSR count). The fourth-order valence-corrected chi connectivity index (χ4v) is 3.50. The Balaban J connectivity index is 2.71. The number of carbonyl (C=O) groups excluding carboxylic acids is 1. The van der Waals surface area contributed by atoms with Gasteiger partial charge in [-0.05, 0) is 73.1 Å². The summed E-state index contributed by atoms with van der Waals surface area (Å²) >= 11 is 0. The summed E-state index contributed by atoms with van der Waals surface area (Å²) in [7, 11) is 0. The van der Waals surface area contributed by atoms with E-state index in [1.165, 1.54) is 18.2 Å². The van der Waals surface area contributed by atoms with Crippen LogP contribution in [0.3, 0.4) is 0 Å². The molecule has 0 atom stereocenters. The first-order chi connectivity index (χ1) is 14.5. The molecule has 0 radical (unpaired) electrons. The molecule has 0 unspecified atom stereocenters. The van der Waals surface area contributed by atoms with Gasteiger partial charge in [-0.25, -0.2) is 0 Å². The van der Waals surface area contributed by atoms with E-state index in [1.54, 1.807) is 18.2 Å². The van der Waals surface area contributed by atoms with E-state index < -0.39 is 0 Å². The topological polar surface area (TPSA) is 66.8 Å². The average molecular weight is 425 g/mol. The Morgan fingerprint density at radius 3 is 2.06 bits per heavy atom. The molecule has 0 aromatic heterocycles. The van der Waals surface area contributed by atoms with Gasteiger partial charge in [-0.15, -0.1) is 0 Å². The summed E-state index contributed by atoms with van der Waals surface area (Å²) in [4.78, 5) is 12.7. The fraction of sp³-hybridized carbons (Fsp3) is 0.444. The van der Waals surface area contributed by atoms with Crippen LogP contribution < -0.4 is 4.74 Å². The van der Waals surface area contributed by atoms with E-state index in [2.05, 4.69) is 41.5 Å². The molecule has 2 N–H and O–H groups in total. The second kappa shape index (κ2) is 9.59. The number of phenols is 2. The third-order valence-electron chi connectivity index (χ3n) is 6.31. The van der Waals surface area contributed by atoms with Crippen molar-refractivity contribution in [3.05, 3.63) is 58.7 Å². The van der Waals surface area contributed by atoms with Gasteiger partial charge >= 0.3 is 0 Å². The number of aromatic hydroxyl groups is 2. The first kappa shape index (κ1) is 24.5. The van der Waals surface area contributed by atoms with Crippen molar-refractivity contribution in [1.82, 2.24) is 0 Å². The lowest BCUT2D eigenvalue weighted by Crippen LogP contribution is -2.22. The second-order valence-corrected chi connectivity index (χ2v) is 9.22. The molecule has 0 spiro atoms. The van der Waals surface area contributed by atoms with Crippen LogP contribution in [0.1, 0.15) is 88.4 Å². The SMILES string of the molecule is CCOc1c(/C=C/C(=O)c2ccc(O)cc2)cc(C(C)(C)CC)c(O)c1C(C)(C)CC. The Hall–Kier alpha value is -2.75. The number of hydrogen-bond donors (Lipinski definition) is 2. The summed E-state index contributed by atoms with van der Waals surface area (Å²) in [6.45, 7) is 15.0. The van der Waals surface area contributed by atoms with E-state index in [0.717, 1.165) is 29.5 Å². The van der Waals surface area contributed by atoms with Crippen molar-refractivity contribution in [3.8, 4) is 17.2 Å². The lowest BCUT2D eigenvalue weighted by molar-refractivity contribution is 0.104. The molecule has 0 heterocycles. The minimum atomic E-state index is -0.308. The van der Waals surface area contributed by atoms with Crippen LogP contribution in [0.25, 0.3) is 6.08 Å². The molecular formula is C27H36O4. The van der Waals surface area contributed by atoms with Crippen molar-refractivity contribution in [1.29, 1.82) is 0 Å². The van der Waals surface area contributed by atoms with E-state index in [-0.39, 0.29) is 28.1 Å². The van der Waals surface area contributed by atoms with E-state index in [9.17, 15) is 15.0 Å². The van der Waals surface area contributed by atoms with Crippen LogP contribution in [-0.4, -0.2) is 22.6 Å². The fourth-order valence-electron chi connectivity index (χ4n) is 3.50. The highest BCUT2D eigenvalue weighted by Crippen LogP contribution is 2.48. The molecule has 2 aromatic rings. The summed E-state index contributed by atoms with van der Waals surface area (Å²) in [5.41, 5.74) is 2.36. The van der Waals surface area contributed by atoms with Crippen LogP contribution in [0.15, 0.2) is 36.4 Å². The minimum absolute atomic E-state index is 0.121. The Morgan fingerprint density at radius 2 is 1.55 bits per heavy atom. The van der Waals surface area contributed by atoms with Crippen LogP contribution in [0.5, 0.6) is 17.2 Å². The quantitative estimate of drug-likeness (QED) is 0.344. The van der Waals surface area contributed by atoms with Crippen LogP contribution in [0.2, 0.25) is 0 Å². The van der Waals surface area contributed by atoms with Gasteiger partial charge in [0.2, 0.25) is 0 Å². The lowest BCUT2D eigenvalue weighted by atomic mass is 9.74. The molecule has 4 heteroatoms. The maximum absolute atomic E-state index is 12.7. The van der Waals surface area contributed by atoms with Crippen LogP contribution >= 0.6 is 0 Å². The molecule has 2 aromatic carbocycles. The monoisotopic (exact) mass is 424 g/mol. The Kier molecular flexibility index (Phi) is 7.58. The van der Waals surface area contributed by atoms with E-state index in [0.29, 0.717) is 17.9 Å². The summed E-state index contributed by atoms with van der Waals surface area (Å²) in [6.07, 6.45) is 4.97. The van der Waals surface area contributed by atoms with E-state index >= 15 is 0 Å². The van der Waals surface area contributed by atoms with Crippen molar-refractivity contribution in [2.45, 2.75) is 72.1 Å². The molecule has 4 nitrogen and oxygen atoms in total. The summed E-state index contributed by atoms with van der Waals surface area (Å²) in [5, 5.41) is 20.8. The molecule has 0 aliphatic rings. The maximum Gasteiger partial charge on any atom is 0.185 e. The molecule has 168 valence electrons. The van der Waals surface area contributed by atoms with Gasteiger partial charge < -0.3 is 14.9 Å². The summed E-state index contributed by atoms with van der Waals surface area (Å²) in [6, 6.07) is 8.13. The van der Waals surface area contributed by atoms with Gasteiger partial charge in [-0.1, -0.05) is 41.5 Å². The molecule has 0 aliphatic carbocycles. The number of allylic oxidation sites excluding steroid dienone is 1. The number of carbonyl (C=O) groups is 1. The molecule has 0 fully saturated rings. The smallest absolute Gasteiger partial charge is 0.185 e.